The Bertz CT molecular complexity index is 1040. The predicted octanol–water partition coefficient (Wildman–Crippen LogP) is 4.81. The normalized spacial score (nSPS) is 14.2. The van der Waals surface area contributed by atoms with E-state index >= 15 is 0 Å². The number of nitrogens with one attached hydrogen (secondary N) is 2. The predicted molar refractivity (Wildman–Crippen MR) is 127 cm³/mol. The molecule has 1 fully saturated rings. The largest absolute Gasteiger partial charge is 0.493 e. The number of carbonyl (C=O) groups is 2. The number of hydrogen-bond acceptors (Lipinski definition) is 3. The summed E-state index contributed by atoms with van der Waals surface area (Å²) >= 11 is 0. The van der Waals surface area contributed by atoms with E-state index in [0.29, 0.717) is 32.5 Å². The Balaban J connectivity index is 1.15. The summed E-state index contributed by atoms with van der Waals surface area (Å²) in [5.41, 5.74) is 0.767. The second-order valence-electron chi connectivity index (χ2n) is 8.05. The number of piperidine rings is 1. The molecule has 1 aliphatic heterocycles. The van der Waals surface area contributed by atoms with Crippen molar-refractivity contribution in [2.24, 2.45) is 0 Å². The van der Waals surface area contributed by atoms with Gasteiger partial charge >= 0.3 is 6.03 Å². The summed E-state index contributed by atoms with van der Waals surface area (Å²) < 4.78 is 5.94. The van der Waals surface area contributed by atoms with E-state index in [2.05, 4.69) is 22.8 Å². The Hall–Kier alpha value is -3.54. The van der Waals surface area contributed by atoms with Gasteiger partial charge in [0.2, 0.25) is 5.91 Å². The van der Waals surface area contributed by atoms with Crippen LogP contribution in [-0.2, 0) is 4.79 Å². The van der Waals surface area contributed by atoms with Gasteiger partial charge in [0.15, 0.2) is 0 Å². The van der Waals surface area contributed by atoms with Crippen molar-refractivity contribution in [2.75, 3.05) is 25.0 Å². The minimum absolute atomic E-state index is 0.0810. The number of para-hydroxylation sites is 1. The Morgan fingerprint density at radius 2 is 1.62 bits per heavy atom. The highest BCUT2D eigenvalue weighted by Gasteiger charge is 2.23. The first-order chi connectivity index (χ1) is 15.7. The first-order valence-electron chi connectivity index (χ1n) is 11.2. The highest BCUT2D eigenvalue weighted by molar-refractivity contribution is 5.89. The molecule has 0 spiro atoms. The number of amides is 3. The molecule has 1 heterocycles. The first-order valence-corrected chi connectivity index (χ1v) is 11.2. The van der Waals surface area contributed by atoms with E-state index in [0.717, 1.165) is 35.1 Å². The molecule has 3 aromatic rings. The molecule has 3 amide bonds. The number of anilines is 1. The monoisotopic (exact) mass is 431 g/mol. The van der Waals surface area contributed by atoms with Crippen molar-refractivity contribution in [3.05, 3.63) is 72.8 Å². The van der Waals surface area contributed by atoms with Crippen LogP contribution in [0.15, 0.2) is 72.8 Å². The molecule has 0 atom stereocenters. The van der Waals surface area contributed by atoms with Crippen LogP contribution in [-0.4, -0.2) is 42.6 Å². The van der Waals surface area contributed by atoms with Crippen molar-refractivity contribution >= 4 is 28.4 Å². The highest BCUT2D eigenvalue weighted by Crippen LogP contribution is 2.25. The SMILES string of the molecule is O=C(Nc1ccccc1)NC1CCN(C(=O)CCCOc2cccc3ccccc23)CC1. The Morgan fingerprint density at radius 3 is 2.44 bits per heavy atom. The summed E-state index contributed by atoms with van der Waals surface area (Å²) in [6.07, 6.45) is 2.68. The zero-order valence-corrected chi connectivity index (χ0v) is 18.1. The molecule has 0 aliphatic carbocycles. The Labute approximate surface area is 188 Å². The summed E-state index contributed by atoms with van der Waals surface area (Å²) in [6.45, 7) is 1.84. The van der Waals surface area contributed by atoms with E-state index in [9.17, 15) is 9.59 Å². The van der Waals surface area contributed by atoms with Gasteiger partial charge < -0.3 is 20.3 Å². The third-order valence-electron chi connectivity index (χ3n) is 5.76. The van der Waals surface area contributed by atoms with Gasteiger partial charge in [-0.2, -0.15) is 0 Å². The quantitative estimate of drug-likeness (QED) is 0.528. The molecule has 1 aliphatic rings. The second-order valence-corrected chi connectivity index (χ2v) is 8.05. The number of likely N-dealkylation sites (tertiary alicyclic amines) is 1. The van der Waals surface area contributed by atoms with Crippen molar-refractivity contribution in [3.8, 4) is 5.75 Å². The third-order valence-corrected chi connectivity index (χ3v) is 5.76. The Morgan fingerprint density at radius 1 is 0.906 bits per heavy atom. The van der Waals surface area contributed by atoms with Gasteiger partial charge in [-0.3, -0.25) is 4.79 Å². The highest BCUT2D eigenvalue weighted by atomic mass is 16.5. The molecule has 0 aromatic heterocycles. The molecule has 166 valence electrons. The summed E-state index contributed by atoms with van der Waals surface area (Å²) in [7, 11) is 0. The minimum Gasteiger partial charge on any atom is -0.493 e. The number of fused-ring (bicyclic) bond motifs is 1. The van der Waals surface area contributed by atoms with Gasteiger partial charge in [0, 0.05) is 36.6 Å². The minimum atomic E-state index is -0.202. The number of ether oxygens (including phenoxy) is 1. The molecule has 32 heavy (non-hydrogen) atoms. The summed E-state index contributed by atoms with van der Waals surface area (Å²) in [5.74, 6) is 1.01. The van der Waals surface area contributed by atoms with Crippen LogP contribution in [0.1, 0.15) is 25.7 Å². The average Bonchev–Trinajstić information content (AvgIpc) is 2.83. The number of carbonyl (C=O) groups excluding carboxylic acids is 2. The molecule has 1 saturated heterocycles. The maximum Gasteiger partial charge on any atom is 0.319 e. The van der Waals surface area contributed by atoms with Crippen molar-refractivity contribution in [2.45, 2.75) is 31.7 Å². The summed E-state index contributed by atoms with van der Waals surface area (Å²) in [4.78, 5) is 26.6. The van der Waals surface area contributed by atoms with Gasteiger partial charge in [-0.05, 0) is 42.8 Å². The molecule has 6 heteroatoms. The molecule has 2 N–H and O–H groups in total. The van der Waals surface area contributed by atoms with Crippen molar-refractivity contribution in [1.82, 2.24) is 10.2 Å². The van der Waals surface area contributed by atoms with E-state index in [-0.39, 0.29) is 18.0 Å². The van der Waals surface area contributed by atoms with Crippen LogP contribution in [0.3, 0.4) is 0 Å². The topological polar surface area (TPSA) is 70.7 Å². The molecule has 6 nitrogen and oxygen atoms in total. The maximum atomic E-state index is 12.6. The molecular weight excluding hydrogens is 402 g/mol. The molecule has 3 aromatic carbocycles. The number of rotatable bonds is 7. The lowest BCUT2D eigenvalue weighted by atomic mass is 10.0. The van der Waals surface area contributed by atoms with Gasteiger partial charge in [-0.25, -0.2) is 4.79 Å². The van der Waals surface area contributed by atoms with E-state index in [1.807, 2.05) is 65.6 Å². The standard InChI is InChI=1S/C26H29N3O3/c30-25(14-7-19-32-24-13-6-9-20-8-4-5-12-23(20)24)29-17-15-22(16-18-29)28-26(31)27-21-10-2-1-3-11-21/h1-6,8-13,22H,7,14-19H2,(H2,27,28,31). The fraction of sp³-hybridized carbons (Fsp3) is 0.308. The van der Waals surface area contributed by atoms with Crippen LogP contribution in [0.25, 0.3) is 10.8 Å². The van der Waals surface area contributed by atoms with Crippen LogP contribution in [0.4, 0.5) is 10.5 Å². The lowest BCUT2D eigenvalue weighted by Crippen LogP contribution is -2.47. The van der Waals surface area contributed by atoms with Crippen LogP contribution >= 0.6 is 0 Å². The molecule has 0 unspecified atom stereocenters. The van der Waals surface area contributed by atoms with Crippen LogP contribution in [0, 0.1) is 0 Å². The molecule has 0 saturated carbocycles. The van der Waals surface area contributed by atoms with Gasteiger partial charge in [0.25, 0.3) is 0 Å². The van der Waals surface area contributed by atoms with Gasteiger partial charge in [-0.15, -0.1) is 0 Å². The van der Waals surface area contributed by atoms with Crippen molar-refractivity contribution in [1.29, 1.82) is 0 Å². The van der Waals surface area contributed by atoms with Crippen molar-refractivity contribution < 1.29 is 14.3 Å². The van der Waals surface area contributed by atoms with E-state index in [4.69, 9.17) is 4.74 Å². The van der Waals surface area contributed by atoms with Crippen LogP contribution in [0.5, 0.6) is 5.75 Å². The van der Waals surface area contributed by atoms with Crippen LogP contribution in [0.2, 0.25) is 0 Å². The third kappa shape index (κ3) is 5.78. The summed E-state index contributed by atoms with van der Waals surface area (Å²) in [6, 6.07) is 23.4. The average molecular weight is 432 g/mol. The smallest absolute Gasteiger partial charge is 0.319 e. The van der Waals surface area contributed by atoms with Gasteiger partial charge in [-0.1, -0.05) is 54.6 Å². The second kappa shape index (κ2) is 10.7. The fourth-order valence-corrected chi connectivity index (χ4v) is 4.03. The van der Waals surface area contributed by atoms with E-state index < -0.39 is 0 Å². The zero-order valence-electron chi connectivity index (χ0n) is 18.1. The fourth-order valence-electron chi connectivity index (χ4n) is 4.03. The Kier molecular flexibility index (Phi) is 7.23. The maximum absolute atomic E-state index is 12.6. The number of benzene rings is 3. The lowest BCUT2D eigenvalue weighted by molar-refractivity contribution is -0.132. The zero-order chi connectivity index (χ0) is 22.2. The number of urea groups is 1. The van der Waals surface area contributed by atoms with Crippen molar-refractivity contribution in [3.63, 3.8) is 0 Å². The van der Waals surface area contributed by atoms with Gasteiger partial charge in [0.05, 0.1) is 6.61 Å². The van der Waals surface area contributed by atoms with Crippen LogP contribution < -0.4 is 15.4 Å². The molecule has 0 bridgehead atoms. The number of hydrogen-bond donors (Lipinski definition) is 2. The number of nitrogens with zero attached hydrogens (tertiary/aromatic N) is 1. The van der Waals surface area contributed by atoms with E-state index in [1.165, 1.54) is 0 Å². The van der Waals surface area contributed by atoms with Gasteiger partial charge in [0.1, 0.15) is 5.75 Å². The lowest BCUT2D eigenvalue weighted by Gasteiger charge is -2.32. The summed E-state index contributed by atoms with van der Waals surface area (Å²) in [5, 5.41) is 8.08. The first kappa shape index (κ1) is 21.7. The molecular formula is C26H29N3O3. The van der Waals surface area contributed by atoms with E-state index in [1.54, 1.807) is 0 Å². The molecule has 4 rings (SSSR count). The molecule has 0 radical (unpaired) electrons.